The fourth-order valence-corrected chi connectivity index (χ4v) is 3.41. The molecule has 27 heavy (non-hydrogen) atoms. The summed E-state index contributed by atoms with van der Waals surface area (Å²) in [5.74, 6) is 0.997. The van der Waals surface area contributed by atoms with Crippen molar-refractivity contribution in [1.82, 2.24) is 10.6 Å². The van der Waals surface area contributed by atoms with Crippen LogP contribution in [0.5, 0.6) is 11.5 Å². The number of amides is 1. The fraction of sp³-hybridized carbons (Fsp3) is 0.650. The van der Waals surface area contributed by atoms with Crippen LogP contribution in [0, 0.1) is 5.92 Å². The lowest BCUT2D eigenvalue weighted by Gasteiger charge is -2.28. The van der Waals surface area contributed by atoms with Gasteiger partial charge in [-0.15, -0.1) is 0 Å². The molecule has 4 N–H and O–H groups in total. The SMILES string of the molecule is CCCCNc1cc2c(c(C(=O)NC[C@@H]3CCNC[C@H]3O)c1)OCCCO2. The van der Waals surface area contributed by atoms with E-state index in [1.165, 1.54) is 0 Å². The van der Waals surface area contributed by atoms with Gasteiger partial charge in [0.2, 0.25) is 0 Å². The highest BCUT2D eigenvalue weighted by Crippen LogP contribution is 2.36. The van der Waals surface area contributed by atoms with Crippen LogP contribution in [-0.2, 0) is 0 Å². The lowest BCUT2D eigenvalue weighted by molar-refractivity contribution is 0.0752. The van der Waals surface area contributed by atoms with Gasteiger partial charge in [0.05, 0.1) is 24.9 Å². The van der Waals surface area contributed by atoms with Crippen LogP contribution in [0.4, 0.5) is 5.69 Å². The summed E-state index contributed by atoms with van der Waals surface area (Å²) in [5.41, 5.74) is 1.34. The summed E-state index contributed by atoms with van der Waals surface area (Å²) < 4.78 is 11.6. The number of aliphatic hydroxyl groups is 1. The van der Waals surface area contributed by atoms with Crippen molar-refractivity contribution < 1.29 is 19.4 Å². The molecule has 1 aromatic carbocycles. The number of nitrogens with one attached hydrogen (secondary N) is 3. The quantitative estimate of drug-likeness (QED) is 0.541. The number of anilines is 1. The third kappa shape index (κ3) is 5.26. The fourth-order valence-electron chi connectivity index (χ4n) is 3.41. The third-order valence-electron chi connectivity index (χ3n) is 5.07. The lowest BCUT2D eigenvalue weighted by atomic mass is 9.95. The van der Waals surface area contributed by atoms with Gasteiger partial charge in [0.15, 0.2) is 11.5 Å². The first kappa shape index (κ1) is 19.8. The summed E-state index contributed by atoms with van der Waals surface area (Å²) in [6.45, 7) is 5.98. The van der Waals surface area contributed by atoms with Crippen molar-refractivity contribution in [2.75, 3.05) is 44.7 Å². The monoisotopic (exact) mass is 377 g/mol. The van der Waals surface area contributed by atoms with Gasteiger partial charge in [-0.1, -0.05) is 13.3 Å². The van der Waals surface area contributed by atoms with Gasteiger partial charge in [-0.05, 0) is 25.5 Å². The zero-order valence-electron chi connectivity index (χ0n) is 16.1. The molecular weight excluding hydrogens is 346 g/mol. The molecular formula is C20H31N3O4. The Morgan fingerprint density at radius 3 is 3.00 bits per heavy atom. The topological polar surface area (TPSA) is 91.9 Å². The number of carbonyl (C=O) groups is 1. The van der Waals surface area contributed by atoms with Crippen LogP contribution in [0.2, 0.25) is 0 Å². The van der Waals surface area contributed by atoms with Crippen LogP contribution < -0.4 is 25.4 Å². The Bertz CT molecular complexity index is 638. The number of carbonyl (C=O) groups excluding carboxylic acids is 1. The average Bonchev–Trinajstić information content (AvgIpc) is 2.92. The van der Waals surface area contributed by atoms with Crippen molar-refractivity contribution in [2.24, 2.45) is 5.92 Å². The minimum Gasteiger partial charge on any atom is -0.489 e. The van der Waals surface area contributed by atoms with Gasteiger partial charge in [0.25, 0.3) is 5.91 Å². The molecule has 0 bridgehead atoms. The standard InChI is InChI=1S/C20H31N3O4/c1-2-3-6-22-15-10-16(19-18(11-15)26-8-4-9-27-19)20(25)23-12-14-5-7-21-13-17(14)24/h10-11,14,17,21-22,24H,2-9,12-13H2,1H3,(H,23,25)/t14-,17+/m0/s1. The van der Waals surface area contributed by atoms with Crippen molar-refractivity contribution >= 4 is 11.6 Å². The lowest BCUT2D eigenvalue weighted by Crippen LogP contribution is -2.45. The first-order valence-electron chi connectivity index (χ1n) is 10.0. The van der Waals surface area contributed by atoms with E-state index in [2.05, 4.69) is 22.9 Å². The molecule has 3 rings (SSSR count). The van der Waals surface area contributed by atoms with E-state index in [0.717, 1.165) is 44.5 Å². The van der Waals surface area contributed by atoms with E-state index in [1.807, 2.05) is 12.1 Å². The predicted octanol–water partition coefficient (Wildman–Crippen LogP) is 1.76. The van der Waals surface area contributed by atoms with Gasteiger partial charge in [0, 0.05) is 43.7 Å². The number of hydrogen-bond acceptors (Lipinski definition) is 6. The maximum Gasteiger partial charge on any atom is 0.255 e. The molecule has 1 saturated heterocycles. The molecule has 7 heteroatoms. The van der Waals surface area contributed by atoms with Crippen molar-refractivity contribution in [1.29, 1.82) is 0 Å². The largest absolute Gasteiger partial charge is 0.489 e. The first-order chi connectivity index (χ1) is 13.2. The van der Waals surface area contributed by atoms with Gasteiger partial charge in [-0.2, -0.15) is 0 Å². The zero-order chi connectivity index (χ0) is 19.1. The molecule has 0 aromatic heterocycles. The van der Waals surface area contributed by atoms with Crippen molar-refractivity contribution in [3.8, 4) is 11.5 Å². The second-order valence-electron chi connectivity index (χ2n) is 7.21. The molecule has 1 aromatic rings. The van der Waals surface area contributed by atoms with Crippen molar-refractivity contribution in [2.45, 2.75) is 38.7 Å². The summed E-state index contributed by atoms with van der Waals surface area (Å²) >= 11 is 0. The zero-order valence-corrected chi connectivity index (χ0v) is 16.1. The second kappa shape index (κ2) is 9.80. The normalized spacial score (nSPS) is 22.0. The van der Waals surface area contributed by atoms with Gasteiger partial charge in [0.1, 0.15) is 0 Å². The van der Waals surface area contributed by atoms with Crippen molar-refractivity contribution in [3.05, 3.63) is 17.7 Å². The van der Waals surface area contributed by atoms with E-state index >= 15 is 0 Å². The summed E-state index contributed by atoms with van der Waals surface area (Å²) in [6, 6.07) is 3.74. The number of aliphatic hydroxyl groups excluding tert-OH is 1. The molecule has 0 unspecified atom stereocenters. The summed E-state index contributed by atoms with van der Waals surface area (Å²) in [5, 5.41) is 19.6. The Morgan fingerprint density at radius 1 is 1.33 bits per heavy atom. The summed E-state index contributed by atoms with van der Waals surface area (Å²) in [7, 11) is 0. The minimum atomic E-state index is -0.433. The van der Waals surface area contributed by atoms with Crippen LogP contribution >= 0.6 is 0 Å². The number of β-amino-alcohol motifs (C(OH)–C–C–N with tert-alkyl or cyclic N) is 1. The maximum atomic E-state index is 12.9. The molecule has 2 atom stereocenters. The Hall–Kier alpha value is -1.99. The maximum absolute atomic E-state index is 12.9. The number of benzene rings is 1. The molecule has 2 aliphatic heterocycles. The smallest absolute Gasteiger partial charge is 0.255 e. The van der Waals surface area contributed by atoms with Crippen LogP contribution in [0.25, 0.3) is 0 Å². The number of ether oxygens (including phenoxy) is 2. The van der Waals surface area contributed by atoms with Crippen LogP contribution in [-0.4, -0.2) is 56.5 Å². The van der Waals surface area contributed by atoms with Crippen molar-refractivity contribution in [3.63, 3.8) is 0 Å². The number of piperidine rings is 1. The molecule has 0 saturated carbocycles. The molecule has 1 fully saturated rings. The van der Waals surface area contributed by atoms with E-state index in [9.17, 15) is 9.90 Å². The number of hydrogen-bond donors (Lipinski definition) is 4. The molecule has 150 valence electrons. The molecule has 1 amide bonds. The Kier molecular flexibility index (Phi) is 7.18. The van der Waals surface area contributed by atoms with Gasteiger partial charge >= 0.3 is 0 Å². The van der Waals surface area contributed by atoms with Gasteiger partial charge in [-0.3, -0.25) is 4.79 Å². The summed E-state index contributed by atoms with van der Waals surface area (Å²) in [6.07, 6.45) is 3.36. The minimum absolute atomic E-state index is 0.0665. The van der Waals surface area contributed by atoms with Crippen LogP contribution in [0.1, 0.15) is 43.0 Å². The highest BCUT2D eigenvalue weighted by Gasteiger charge is 2.25. The highest BCUT2D eigenvalue weighted by atomic mass is 16.5. The average molecular weight is 377 g/mol. The molecule has 2 heterocycles. The van der Waals surface area contributed by atoms with Gasteiger partial charge < -0.3 is 30.5 Å². The Balaban J connectivity index is 1.74. The van der Waals surface area contributed by atoms with E-state index in [4.69, 9.17) is 9.47 Å². The molecule has 0 aliphatic carbocycles. The Morgan fingerprint density at radius 2 is 2.19 bits per heavy atom. The molecule has 0 radical (unpaired) electrons. The highest BCUT2D eigenvalue weighted by molar-refractivity contribution is 5.99. The van der Waals surface area contributed by atoms with Crippen LogP contribution in [0.3, 0.4) is 0 Å². The third-order valence-corrected chi connectivity index (χ3v) is 5.07. The number of unbranched alkanes of at least 4 members (excludes halogenated alkanes) is 1. The number of rotatable bonds is 7. The second-order valence-corrected chi connectivity index (χ2v) is 7.21. The Labute approximate surface area is 160 Å². The molecule has 7 nitrogen and oxygen atoms in total. The summed E-state index contributed by atoms with van der Waals surface area (Å²) in [4.78, 5) is 12.9. The van der Waals surface area contributed by atoms with E-state index in [-0.39, 0.29) is 11.8 Å². The first-order valence-corrected chi connectivity index (χ1v) is 10.0. The van der Waals surface area contributed by atoms with Gasteiger partial charge in [-0.25, -0.2) is 0 Å². The van der Waals surface area contributed by atoms with Crippen LogP contribution in [0.15, 0.2) is 12.1 Å². The number of fused-ring (bicyclic) bond motifs is 1. The molecule has 2 aliphatic rings. The van der Waals surface area contributed by atoms with E-state index in [1.54, 1.807) is 0 Å². The predicted molar refractivity (Wildman–Crippen MR) is 105 cm³/mol. The van der Waals surface area contributed by atoms with E-state index in [0.29, 0.717) is 43.4 Å². The van der Waals surface area contributed by atoms with E-state index < -0.39 is 6.10 Å². The molecule has 0 spiro atoms.